The van der Waals surface area contributed by atoms with Crippen molar-refractivity contribution < 1.29 is 9.53 Å². The third-order valence-corrected chi connectivity index (χ3v) is 2.26. The van der Waals surface area contributed by atoms with Gasteiger partial charge >= 0.3 is 5.97 Å². The highest BCUT2D eigenvalue weighted by molar-refractivity contribution is 7.77. The van der Waals surface area contributed by atoms with Gasteiger partial charge < -0.3 is 4.74 Å². The van der Waals surface area contributed by atoms with Gasteiger partial charge in [-0.05, 0) is 19.8 Å². The number of carbonyl (C=O) groups is 1. The fourth-order valence-corrected chi connectivity index (χ4v) is 1.58. The van der Waals surface area contributed by atoms with Gasteiger partial charge in [0.25, 0.3) is 0 Å². The molecular weight excluding hydrogens is 162 g/mol. The monoisotopic (exact) mass is 175 g/mol. The van der Waals surface area contributed by atoms with Gasteiger partial charge in [-0.3, -0.25) is 4.79 Å². The molecule has 1 heterocycles. The summed E-state index contributed by atoms with van der Waals surface area (Å²) in [5.41, 5.74) is 0. The standard InChI is InChI=1S/C7H13NO2S/c1-2-10-7(9)6-4-3-5-8(6)11/h6,11H,2-5H2,1H3/t6-/m0/s1. The van der Waals surface area contributed by atoms with E-state index in [0.717, 1.165) is 19.4 Å². The van der Waals surface area contributed by atoms with Gasteiger partial charge in [0.2, 0.25) is 0 Å². The van der Waals surface area contributed by atoms with E-state index in [2.05, 4.69) is 12.8 Å². The number of thiol groups is 1. The van der Waals surface area contributed by atoms with Crippen LogP contribution >= 0.6 is 12.8 Å². The van der Waals surface area contributed by atoms with Gasteiger partial charge in [0, 0.05) is 6.54 Å². The first-order valence-electron chi connectivity index (χ1n) is 3.88. The molecule has 0 radical (unpaired) electrons. The molecule has 0 spiro atoms. The maximum Gasteiger partial charge on any atom is 0.324 e. The SMILES string of the molecule is CCOC(=O)[C@@H]1CCCN1S. The Morgan fingerprint density at radius 1 is 1.82 bits per heavy atom. The lowest BCUT2D eigenvalue weighted by Gasteiger charge is -2.15. The lowest BCUT2D eigenvalue weighted by Crippen LogP contribution is -2.31. The minimum absolute atomic E-state index is 0.113. The molecule has 4 heteroatoms. The highest BCUT2D eigenvalue weighted by Gasteiger charge is 2.29. The van der Waals surface area contributed by atoms with Crippen molar-refractivity contribution in [3.8, 4) is 0 Å². The molecule has 0 saturated carbocycles. The summed E-state index contributed by atoms with van der Waals surface area (Å²) in [5.74, 6) is -0.139. The Bertz CT molecular complexity index is 151. The van der Waals surface area contributed by atoms with Crippen LogP contribution in [0.3, 0.4) is 0 Å². The van der Waals surface area contributed by atoms with Crippen LogP contribution in [0.15, 0.2) is 0 Å². The molecule has 11 heavy (non-hydrogen) atoms. The second-order valence-electron chi connectivity index (χ2n) is 2.57. The van der Waals surface area contributed by atoms with Crippen molar-refractivity contribution in [3.63, 3.8) is 0 Å². The van der Waals surface area contributed by atoms with Crippen LogP contribution in [0, 0.1) is 0 Å². The average molecular weight is 175 g/mol. The van der Waals surface area contributed by atoms with Crippen LogP contribution in [0.5, 0.6) is 0 Å². The van der Waals surface area contributed by atoms with E-state index < -0.39 is 0 Å². The molecule has 0 unspecified atom stereocenters. The van der Waals surface area contributed by atoms with E-state index in [1.54, 1.807) is 4.31 Å². The summed E-state index contributed by atoms with van der Waals surface area (Å²) in [5, 5.41) is 0. The summed E-state index contributed by atoms with van der Waals surface area (Å²) in [4.78, 5) is 11.1. The minimum Gasteiger partial charge on any atom is -0.465 e. The van der Waals surface area contributed by atoms with Crippen molar-refractivity contribution in [2.45, 2.75) is 25.8 Å². The number of hydrogen-bond donors (Lipinski definition) is 1. The zero-order valence-electron chi connectivity index (χ0n) is 6.62. The van der Waals surface area contributed by atoms with E-state index in [-0.39, 0.29) is 12.0 Å². The van der Waals surface area contributed by atoms with Gasteiger partial charge in [-0.15, -0.1) is 0 Å². The average Bonchev–Trinajstić information content (AvgIpc) is 2.36. The molecule has 0 aromatic heterocycles. The molecule has 1 aliphatic rings. The molecule has 3 nitrogen and oxygen atoms in total. The van der Waals surface area contributed by atoms with E-state index >= 15 is 0 Å². The molecule has 0 N–H and O–H groups in total. The number of rotatable bonds is 2. The largest absolute Gasteiger partial charge is 0.465 e. The van der Waals surface area contributed by atoms with Crippen molar-refractivity contribution in [1.29, 1.82) is 0 Å². The van der Waals surface area contributed by atoms with Gasteiger partial charge in [0.15, 0.2) is 0 Å². The summed E-state index contributed by atoms with van der Waals surface area (Å²) < 4.78 is 6.61. The fraction of sp³-hybridized carbons (Fsp3) is 0.857. The molecule has 0 aromatic rings. The fourth-order valence-electron chi connectivity index (χ4n) is 1.23. The lowest BCUT2D eigenvalue weighted by molar-refractivity contribution is -0.146. The Kier molecular flexibility index (Phi) is 3.20. The second kappa shape index (κ2) is 3.97. The quantitative estimate of drug-likeness (QED) is 0.498. The van der Waals surface area contributed by atoms with Crippen LogP contribution in [-0.4, -0.2) is 29.5 Å². The molecular formula is C7H13NO2S. The first-order valence-corrected chi connectivity index (χ1v) is 4.28. The molecule has 1 rings (SSSR count). The number of carbonyl (C=O) groups excluding carboxylic acids is 1. The predicted molar refractivity (Wildman–Crippen MR) is 45.3 cm³/mol. The normalized spacial score (nSPS) is 25.5. The van der Waals surface area contributed by atoms with Crippen LogP contribution in [0.25, 0.3) is 0 Å². The number of hydrogen-bond acceptors (Lipinski definition) is 4. The highest BCUT2D eigenvalue weighted by atomic mass is 32.1. The highest BCUT2D eigenvalue weighted by Crippen LogP contribution is 2.19. The Hall–Kier alpha value is -0.220. The Labute approximate surface area is 72.2 Å². The third kappa shape index (κ3) is 2.10. The van der Waals surface area contributed by atoms with E-state index in [1.807, 2.05) is 6.92 Å². The van der Waals surface area contributed by atoms with E-state index in [0.29, 0.717) is 6.61 Å². The molecule has 0 aromatic carbocycles. The predicted octanol–water partition coefficient (Wildman–Crippen LogP) is 0.859. The first kappa shape index (κ1) is 8.87. The summed E-state index contributed by atoms with van der Waals surface area (Å²) in [6.07, 6.45) is 1.91. The van der Waals surface area contributed by atoms with Crippen LogP contribution in [0.1, 0.15) is 19.8 Å². The van der Waals surface area contributed by atoms with Gasteiger partial charge in [-0.1, -0.05) is 12.8 Å². The molecule has 1 aliphatic heterocycles. The van der Waals surface area contributed by atoms with E-state index in [9.17, 15) is 4.79 Å². The summed E-state index contributed by atoms with van der Waals surface area (Å²) in [6, 6.07) is -0.113. The van der Waals surface area contributed by atoms with Crippen molar-refractivity contribution in [1.82, 2.24) is 4.31 Å². The second-order valence-corrected chi connectivity index (χ2v) is 3.09. The molecule has 1 atom stereocenters. The summed E-state index contributed by atoms with van der Waals surface area (Å²) >= 11 is 4.15. The number of ether oxygens (including phenoxy) is 1. The van der Waals surface area contributed by atoms with Gasteiger partial charge in [0.1, 0.15) is 6.04 Å². The molecule has 0 bridgehead atoms. The smallest absolute Gasteiger partial charge is 0.324 e. The zero-order valence-corrected chi connectivity index (χ0v) is 7.51. The third-order valence-electron chi connectivity index (χ3n) is 1.78. The topological polar surface area (TPSA) is 29.5 Å². The van der Waals surface area contributed by atoms with E-state index in [4.69, 9.17) is 4.74 Å². The molecule has 0 aliphatic carbocycles. The van der Waals surface area contributed by atoms with Crippen molar-refractivity contribution in [2.24, 2.45) is 0 Å². The molecule has 0 amide bonds. The van der Waals surface area contributed by atoms with Gasteiger partial charge in [0.05, 0.1) is 6.61 Å². The van der Waals surface area contributed by atoms with Crippen molar-refractivity contribution >= 4 is 18.8 Å². The van der Waals surface area contributed by atoms with Crippen molar-refractivity contribution in [3.05, 3.63) is 0 Å². The van der Waals surface area contributed by atoms with Crippen LogP contribution in [0.2, 0.25) is 0 Å². The van der Waals surface area contributed by atoms with Crippen LogP contribution in [-0.2, 0) is 9.53 Å². The summed E-state index contributed by atoms with van der Waals surface area (Å²) in [6.45, 7) is 3.15. The zero-order chi connectivity index (χ0) is 8.27. The lowest BCUT2D eigenvalue weighted by atomic mass is 10.2. The van der Waals surface area contributed by atoms with Crippen LogP contribution < -0.4 is 0 Å². The Morgan fingerprint density at radius 2 is 2.55 bits per heavy atom. The van der Waals surface area contributed by atoms with Crippen LogP contribution in [0.4, 0.5) is 0 Å². The van der Waals surface area contributed by atoms with Gasteiger partial charge in [-0.2, -0.15) is 0 Å². The Morgan fingerprint density at radius 3 is 3.00 bits per heavy atom. The first-order chi connectivity index (χ1) is 5.25. The maximum atomic E-state index is 11.1. The van der Waals surface area contributed by atoms with Crippen molar-refractivity contribution in [2.75, 3.05) is 13.2 Å². The van der Waals surface area contributed by atoms with Gasteiger partial charge in [-0.25, -0.2) is 4.31 Å². The molecule has 1 fully saturated rings. The Balaban J connectivity index is 2.39. The maximum absolute atomic E-state index is 11.1. The number of nitrogens with zero attached hydrogens (tertiary/aromatic N) is 1. The molecule has 64 valence electrons. The number of esters is 1. The summed E-state index contributed by atoms with van der Waals surface area (Å²) in [7, 11) is 0. The molecule has 1 saturated heterocycles. The van der Waals surface area contributed by atoms with E-state index in [1.165, 1.54) is 0 Å². The minimum atomic E-state index is -0.139.